The molecule has 0 aliphatic rings. The van der Waals surface area contributed by atoms with Crippen molar-refractivity contribution in [2.45, 2.75) is 23.8 Å². The van der Waals surface area contributed by atoms with Crippen molar-refractivity contribution in [1.29, 1.82) is 5.26 Å². The third-order valence-corrected chi connectivity index (χ3v) is 5.55. The summed E-state index contributed by atoms with van der Waals surface area (Å²) in [7, 11) is 0. The maximum atomic E-state index is 13.1. The van der Waals surface area contributed by atoms with E-state index in [-0.39, 0.29) is 12.3 Å². The average Bonchev–Trinajstić information content (AvgIpc) is 3.41. The number of rotatable bonds is 7. The third kappa shape index (κ3) is 4.07. The SMILES string of the molecule is C[C@@H](Sc1nnc(-c2c[nH]c3ccccc23)o1)C(=O)N(CCC#N)c1ccccc1. The van der Waals surface area contributed by atoms with Gasteiger partial charge in [0.1, 0.15) is 0 Å². The average molecular weight is 417 g/mol. The van der Waals surface area contributed by atoms with E-state index in [2.05, 4.69) is 21.3 Å². The van der Waals surface area contributed by atoms with Crippen LogP contribution >= 0.6 is 11.8 Å². The Morgan fingerprint density at radius 1 is 1.20 bits per heavy atom. The molecule has 0 aliphatic heterocycles. The highest BCUT2D eigenvalue weighted by molar-refractivity contribution is 8.00. The van der Waals surface area contributed by atoms with Crippen molar-refractivity contribution in [2.75, 3.05) is 11.4 Å². The van der Waals surface area contributed by atoms with E-state index in [9.17, 15) is 4.79 Å². The number of thioether (sulfide) groups is 1. The largest absolute Gasteiger partial charge is 0.411 e. The molecule has 2 aromatic carbocycles. The van der Waals surface area contributed by atoms with Crippen molar-refractivity contribution >= 4 is 34.3 Å². The van der Waals surface area contributed by atoms with Crippen molar-refractivity contribution in [3.05, 3.63) is 60.8 Å². The second-order valence-electron chi connectivity index (χ2n) is 6.61. The molecule has 0 unspecified atom stereocenters. The quantitative estimate of drug-likeness (QED) is 0.440. The second-order valence-corrected chi connectivity index (χ2v) is 7.91. The van der Waals surface area contributed by atoms with Crippen LogP contribution in [0.1, 0.15) is 13.3 Å². The van der Waals surface area contributed by atoms with E-state index in [4.69, 9.17) is 9.68 Å². The lowest BCUT2D eigenvalue weighted by Gasteiger charge is -2.24. The van der Waals surface area contributed by atoms with Crippen LogP contribution in [0.3, 0.4) is 0 Å². The van der Waals surface area contributed by atoms with Gasteiger partial charge >= 0.3 is 0 Å². The minimum atomic E-state index is -0.458. The number of hydrogen-bond donors (Lipinski definition) is 1. The molecule has 1 N–H and O–H groups in total. The van der Waals surface area contributed by atoms with Gasteiger partial charge in [-0.05, 0) is 25.1 Å². The normalized spacial score (nSPS) is 11.9. The number of nitriles is 1. The first kappa shape index (κ1) is 19.7. The first-order valence-electron chi connectivity index (χ1n) is 9.47. The molecule has 0 bridgehead atoms. The number of para-hydroxylation sites is 2. The predicted octanol–water partition coefficient (Wildman–Crippen LogP) is 4.65. The molecule has 0 radical (unpaired) electrons. The number of aromatic nitrogens is 3. The molecule has 1 amide bonds. The molecule has 0 aliphatic carbocycles. The van der Waals surface area contributed by atoms with Crippen molar-refractivity contribution in [2.24, 2.45) is 0 Å². The zero-order valence-corrected chi connectivity index (χ0v) is 17.1. The van der Waals surface area contributed by atoms with Gasteiger partial charge in [0.15, 0.2) is 0 Å². The number of nitrogens with zero attached hydrogens (tertiary/aromatic N) is 4. The molecule has 2 heterocycles. The number of benzene rings is 2. The minimum absolute atomic E-state index is 0.117. The van der Waals surface area contributed by atoms with Gasteiger partial charge in [-0.15, -0.1) is 10.2 Å². The van der Waals surface area contributed by atoms with Crippen LogP contribution in [-0.4, -0.2) is 32.9 Å². The van der Waals surface area contributed by atoms with Crippen LogP contribution in [0.4, 0.5) is 5.69 Å². The molecule has 8 heteroatoms. The van der Waals surface area contributed by atoms with Crippen LogP contribution in [0.5, 0.6) is 0 Å². The number of carbonyl (C=O) groups is 1. The van der Waals surface area contributed by atoms with Crippen LogP contribution in [0.15, 0.2) is 70.4 Å². The Kier molecular flexibility index (Phi) is 5.82. The Labute approximate surface area is 177 Å². The van der Waals surface area contributed by atoms with Crippen LogP contribution in [0, 0.1) is 11.3 Å². The topological polar surface area (TPSA) is 98.8 Å². The van der Waals surface area contributed by atoms with Gasteiger partial charge in [-0.2, -0.15) is 5.26 Å². The Hall–Kier alpha value is -3.57. The zero-order chi connectivity index (χ0) is 20.9. The highest BCUT2D eigenvalue weighted by Gasteiger charge is 2.25. The fraction of sp³-hybridized carbons (Fsp3) is 0.182. The van der Waals surface area contributed by atoms with Crippen molar-refractivity contribution in [3.63, 3.8) is 0 Å². The summed E-state index contributed by atoms with van der Waals surface area (Å²) < 4.78 is 5.82. The summed E-state index contributed by atoms with van der Waals surface area (Å²) in [5, 5.41) is 18.1. The van der Waals surface area contributed by atoms with Gasteiger partial charge in [0.25, 0.3) is 11.1 Å². The van der Waals surface area contributed by atoms with Gasteiger partial charge in [0.2, 0.25) is 5.91 Å². The summed E-state index contributed by atoms with van der Waals surface area (Å²) in [6.07, 6.45) is 2.09. The molecule has 2 aromatic heterocycles. The lowest BCUT2D eigenvalue weighted by Crippen LogP contribution is -2.37. The molecule has 30 heavy (non-hydrogen) atoms. The van der Waals surface area contributed by atoms with Gasteiger partial charge in [0, 0.05) is 29.3 Å². The van der Waals surface area contributed by atoms with E-state index in [1.54, 1.807) is 11.8 Å². The van der Waals surface area contributed by atoms with Gasteiger partial charge in [-0.3, -0.25) is 4.79 Å². The molecule has 4 rings (SSSR count). The van der Waals surface area contributed by atoms with E-state index in [0.29, 0.717) is 17.7 Å². The minimum Gasteiger partial charge on any atom is -0.411 e. The lowest BCUT2D eigenvalue weighted by atomic mass is 10.2. The number of nitrogens with one attached hydrogen (secondary N) is 1. The van der Waals surface area contributed by atoms with Crippen LogP contribution in [0.25, 0.3) is 22.4 Å². The molecule has 0 saturated carbocycles. The van der Waals surface area contributed by atoms with Crippen LogP contribution in [-0.2, 0) is 4.79 Å². The highest BCUT2D eigenvalue weighted by Crippen LogP contribution is 2.31. The van der Waals surface area contributed by atoms with Crippen LogP contribution < -0.4 is 4.90 Å². The molecule has 4 aromatic rings. The molecule has 0 fully saturated rings. The maximum Gasteiger partial charge on any atom is 0.277 e. The maximum absolute atomic E-state index is 13.1. The van der Waals surface area contributed by atoms with E-state index >= 15 is 0 Å². The first-order valence-corrected chi connectivity index (χ1v) is 10.4. The van der Waals surface area contributed by atoms with Crippen molar-refractivity contribution < 1.29 is 9.21 Å². The molecular weight excluding hydrogens is 398 g/mol. The predicted molar refractivity (Wildman–Crippen MR) is 116 cm³/mol. The van der Waals surface area contributed by atoms with Gasteiger partial charge < -0.3 is 14.3 Å². The Morgan fingerprint density at radius 2 is 1.97 bits per heavy atom. The molecule has 0 spiro atoms. The smallest absolute Gasteiger partial charge is 0.277 e. The summed E-state index contributed by atoms with van der Waals surface area (Å²) in [5.74, 6) is 0.285. The summed E-state index contributed by atoms with van der Waals surface area (Å²) in [6.45, 7) is 2.12. The fourth-order valence-electron chi connectivity index (χ4n) is 3.17. The Morgan fingerprint density at radius 3 is 2.77 bits per heavy atom. The Bertz CT molecular complexity index is 1190. The number of anilines is 1. The zero-order valence-electron chi connectivity index (χ0n) is 16.3. The Balaban J connectivity index is 1.51. The second kappa shape index (κ2) is 8.84. The molecule has 7 nitrogen and oxygen atoms in total. The highest BCUT2D eigenvalue weighted by atomic mass is 32.2. The molecule has 1 atom stereocenters. The van der Waals surface area contributed by atoms with Gasteiger partial charge in [0.05, 0.1) is 23.3 Å². The summed E-state index contributed by atoms with van der Waals surface area (Å²) in [4.78, 5) is 17.9. The number of hydrogen-bond acceptors (Lipinski definition) is 6. The summed E-state index contributed by atoms with van der Waals surface area (Å²) in [5.41, 5.74) is 2.57. The number of aromatic amines is 1. The number of carbonyl (C=O) groups excluding carboxylic acids is 1. The van der Waals surface area contributed by atoms with E-state index in [1.165, 1.54) is 11.8 Å². The summed E-state index contributed by atoms with van der Waals surface area (Å²) >= 11 is 1.21. The molecular formula is C22H19N5O2S. The number of amides is 1. The fourth-order valence-corrected chi connectivity index (χ4v) is 3.92. The van der Waals surface area contributed by atoms with Crippen molar-refractivity contribution in [3.8, 4) is 17.5 Å². The first-order chi connectivity index (χ1) is 14.7. The third-order valence-electron chi connectivity index (χ3n) is 4.63. The summed E-state index contributed by atoms with van der Waals surface area (Å²) in [6, 6.07) is 19.3. The molecule has 0 saturated heterocycles. The van der Waals surface area contributed by atoms with Gasteiger partial charge in [-0.25, -0.2) is 0 Å². The molecule has 150 valence electrons. The van der Waals surface area contributed by atoms with Crippen molar-refractivity contribution in [1.82, 2.24) is 15.2 Å². The standard InChI is InChI=1S/C22H19N5O2S/c1-15(21(28)27(13-7-12-23)16-8-3-2-4-9-16)30-22-26-25-20(29-22)18-14-24-19-11-6-5-10-17(18)19/h2-6,8-11,14-15,24H,7,13H2,1H3/t15-/m1/s1. The van der Waals surface area contributed by atoms with E-state index in [1.807, 2.05) is 60.8 Å². The van der Waals surface area contributed by atoms with Gasteiger partial charge in [-0.1, -0.05) is 48.2 Å². The van der Waals surface area contributed by atoms with E-state index in [0.717, 1.165) is 22.2 Å². The van der Waals surface area contributed by atoms with E-state index < -0.39 is 5.25 Å². The van der Waals surface area contributed by atoms with Crippen LogP contribution in [0.2, 0.25) is 0 Å². The lowest BCUT2D eigenvalue weighted by molar-refractivity contribution is -0.117. The monoisotopic (exact) mass is 417 g/mol. The number of fused-ring (bicyclic) bond motifs is 1. The number of H-pyrrole nitrogens is 1.